The fraction of sp³-hybridized carbons (Fsp3) is 1.00. The Hall–Kier alpha value is -0.0800. The molecule has 3 aliphatic rings. The second kappa shape index (κ2) is 3.71. The first-order chi connectivity index (χ1) is 8.00. The predicted octanol–water partition coefficient (Wildman–Crippen LogP) is 3.17. The van der Waals surface area contributed by atoms with Gasteiger partial charge in [-0.1, -0.05) is 27.7 Å². The second-order valence-corrected chi connectivity index (χ2v) is 7.18. The van der Waals surface area contributed by atoms with Gasteiger partial charge in [-0.2, -0.15) is 0 Å². The molecule has 2 saturated carbocycles. The molecule has 0 aromatic rings. The summed E-state index contributed by atoms with van der Waals surface area (Å²) in [6.45, 7) is 10.7. The Morgan fingerprint density at radius 3 is 2.71 bits per heavy atom. The first kappa shape index (κ1) is 12.0. The molecule has 2 heteroatoms. The summed E-state index contributed by atoms with van der Waals surface area (Å²) < 4.78 is 6.35. The Labute approximate surface area is 105 Å². The van der Waals surface area contributed by atoms with E-state index in [1.54, 1.807) is 0 Å². The summed E-state index contributed by atoms with van der Waals surface area (Å²) in [5.74, 6) is 1.71. The van der Waals surface area contributed by atoms with Crippen LogP contribution in [0.25, 0.3) is 0 Å². The van der Waals surface area contributed by atoms with Crippen LogP contribution in [0.5, 0.6) is 0 Å². The standard InChI is InChI=1S/C15H27NO/c1-5-8-16-12-9-10-11-6-7-15(4,13(10)17-12)14(11,2)3/h10-13,16H,5-9H2,1-4H3/t10-,11-,12-,13-,15+/m1/s1. The molecule has 1 aliphatic heterocycles. The van der Waals surface area contributed by atoms with Crippen LogP contribution < -0.4 is 5.32 Å². The van der Waals surface area contributed by atoms with E-state index in [1.807, 2.05) is 0 Å². The average Bonchev–Trinajstić information content (AvgIpc) is 2.83. The summed E-state index contributed by atoms with van der Waals surface area (Å²) in [4.78, 5) is 0. The van der Waals surface area contributed by atoms with Crippen molar-refractivity contribution in [3.63, 3.8) is 0 Å². The van der Waals surface area contributed by atoms with Crippen molar-refractivity contribution in [1.82, 2.24) is 5.32 Å². The average molecular weight is 237 g/mol. The predicted molar refractivity (Wildman–Crippen MR) is 69.7 cm³/mol. The minimum Gasteiger partial charge on any atom is -0.359 e. The minimum atomic E-state index is 0.334. The van der Waals surface area contributed by atoms with Gasteiger partial charge >= 0.3 is 0 Å². The lowest BCUT2D eigenvalue weighted by molar-refractivity contribution is -0.0638. The molecule has 0 unspecified atom stereocenters. The zero-order chi connectivity index (χ0) is 12.3. The first-order valence-electron chi connectivity index (χ1n) is 7.39. The van der Waals surface area contributed by atoms with Gasteiger partial charge in [0.2, 0.25) is 0 Å². The van der Waals surface area contributed by atoms with Gasteiger partial charge in [-0.15, -0.1) is 0 Å². The Morgan fingerprint density at radius 1 is 1.29 bits per heavy atom. The largest absolute Gasteiger partial charge is 0.359 e. The van der Waals surface area contributed by atoms with Crippen molar-refractivity contribution in [2.45, 2.75) is 65.7 Å². The van der Waals surface area contributed by atoms with Crippen molar-refractivity contribution in [2.24, 2.45) is 22.7 Å². The molecule has 1 heterocycles. The van der Waals surface area contributed by atoms with Crippen LogP contribution in [0, 0.1) is 22.7 Å². The molecular weight excluding hydrogens is 210 g/mol. The van der Waals surface area contributed by atoms with Gasteiger partial charge in [0.05, 0.1) is 6.10 Å². The third-order valence-electron chi connectivity index (χ3n) is 6.33. The van der Waals surface area contributed by atoms with E-state index in [0.29, 0.717) is 23.2 Å². The zero-order valence-electron chi connectivity index (χ0n) is 11.8. The molecule has 17 heavy (non-hydrogen) atoms. The van der Waals surface area contributed by atoms with Crippen LogP contribution in [0.3, 0.4) is 0 Å². The Bertz CT molecular complexity index is 314. The highest BCUT2D eigenvalue weighted by molar-refractivity contribution is 5.16. The van der Waals surface area contributed by atoms with E-state index < -0.39 is 0 Å². The van der Waals surface area contributed by atoms with Gasteiger partial charge in [0.15, 0.2) is 0 Å². The number of nitrogens with one attached hydrogen (secondary N) is 1. The lowest BCUT2D eigenvalue weighted by atomic mass is 9.70. The van der Waals surface area contributed by atoms with E-state index in [2.05, 4.69) is 33.0 Å². The summed E-state index contributed by atoms with van der Waals surface area (Å²) in [6.07, 6.45) is 6.09. The highest BCUT2D eigenvalue weighted by Crippen LogP contribution is 2.70. The molecule has 0 amide bonds. The molecule has 98 valence electrons. The van der Waals surface area contributed by atoms with Gasteiger partial charge in [-0.05, 0) is 54.9 Å². The van der Waals surface area contributed by atoms with Crippen molar-refractivity contribution in [2.75, 3.05) is 6.54 Å². The van der Waals surface area contributed by atoms with Crippen LogP contribution in [0.15, 0.2) is 0 Å². The summed E-state index contributed by atoms with van der Waals surface area (Å²) in [5, 5.41) is 3.55. The molecular formula is C15H27NO. The van der Waals surface area contributed by atoms with Crippen molar-refractivity contribution in [1.29, 1.82) is 0 Å². The summed E-state index contributed by atoms with van der Waals surface area (Å²) in [5.41, 5.74) is 0.906. The highest BCUT2D eigenvalue weighted by atomic mass is 16.5. The third kappa shape index (κ3) is 1.40. The first-order valence-corrected chi connectivity index (χ1v) is 7.39. The molecule has 2 nitrogen and oxygen atoms in total. The number of hydrogen-bond acceptors (Lipinski definition) is 2. The molecule has 5 atom stereocenters. The third-order valence-corrected chi connectivity index (χ3v) is 6.33. The topological polar surface area (TPSA) is 21.3 Å². The number of hydrogen-bond donors (Lipinski definition) is 1. The van der Waals surface area contributed by atoms with Gasteiger partial charge in [0.1, 0.15) is 6.23 Å². The molecule has 1 N–H and O–H groups in total. The molecule has 3 fully saturated rings. The van der Waals surface area contributed by atoms with Crippen molar-refractivity contribution in [3.05, 3.63) is 0 Å². The van der Waals surface area contributed by atoms with Gasteiger partial charge in [-0.25, -0.2) is 0 Å². The number of rotatable bonds is 3. The number of fused-ring (bicyclic) bond motifs is 5. The van der Waals surface area contributed by atoms with E-state index in [-0.39, 0.29) is 0 Å². The van der Waals surface area contributed by atoms with Gasteiger partial charge in [0, 0.05) is 0 Å². The normalized spacial score (nSPS) is 50.8. The van der Waals surface area contributed by atoms with Crippen LogP contribution in [0.1, 0.15) is 53.4 Å². The zero-order valence-corrected chi connectivity index (χ0v) is 11.8. The maximum atomic E-state index is 6.35. The van der Waals surface area contributed by atoms with E-state index in [1.165, 1.54) is 25.7 Å². The lowest BCUT2D eigenvalue weighted by Gasteiger charge is -2.38. The summed E-state index contributed by atoms with van der Waals surface area (Å²) >= 11 is 0. The molecule has 2 aliphatic carbocycles. The fourth-order valence-electron chi connectivity index (χ4n) is 4.96. The van der Waals surface area contributed by atoms with Crippen molar-refractivity contribution in [3.8, 4) is 0 Å². The van der Waals surface area contributed by atoms with Crippen LogP contribution >= 0.6 is 0 Å². The fourth-order valence-corrected chi connectivity index (χ4v) is 4.96. The summed E-state index contributed by atoms with van der Waals surface area (Å²) in [7, 11) is 0. The second-order valence-electron chi connectivity index (χ2n) is 7.18. The SMILES string of the molecule is CCCN[C@H]1C[C@@H]2[C@H]3CC[C@@](C)([C@@H]2O1)C3(C)C. The molecule has 2 bridgehead atoms. The van der Waals surface area contributed by atoms with Crippen LogP contribution in [-0.2, 0) is 4.74 Å². The Kier molecular flexibility index (Phi) is 2.61. The minimum absolute atomic E-state index is 0.334. The van der Waals surface area contributed by atoms with Gasteiger partial charge in [0.25, 0.3) is 0 Å². The maximum absolute atomic E-state index is 6.35. The van der Waals surface area contributed by atoms with E-state index in [0.717, 1.165) is 18.4 Å². The Balaban J connectivity index is 1.76. The van der Waals surface area contributed by atoms with Crippen LogP contribution in [-0.4, -0.2) is 18.9 Å². The molecule has 1 saturated heterocycles. The molecule has 3 rings (SSSR count). The Morgan fingerprint density at radius 2 is 2.06 bits per heavy atom. The molecule has 0 radical (unpaired) electrons. The van der Waals surface area contributed by atoms with Gasteiger partial charge < -0.3 is 4.74 Å². The maximum Gasteiger partial charge on any atom is 0.108 e. The molecule has 0 aromatic carbocycles. The van der Waals surface area contributed by atoms with Crippen molar-refractivity contribution < 1.29 is 4.74 Å². The van der Waals surface area contributed by atoms with E-state index in [4.69, 9.17) is 4.74 Å². The molecule has 0 spiro atoms. The summed E-state index contributed by atoms with van der Waals surface area (Å²) in [6, 6.07) is 0. The number of ether oxygens (including phenoxy) is 1. The van der Waals surface area contributed by atoms with E-state index in [9.17, 15) is 0 Å². The van der Waals surface area contributed by atoms with Crippen LogP contribution in [0.2, 0.25) is 0 Å². The lowest BCUT2D eigenvalue weighted by Crippen LogP contribution is -2.39. The highest BCUT2D eigenvalue weighted by Gasteiger charge is 2.68. The van der Waals surface area contributed by atoms with E-state index >= 15 is 0 Å². The quantitative estimate of drug-likeness (QED) is 0.814. The molecule has 0 aromatic heterocycles. The van der Waals surface area contributed by atoms with Crippen molar-refractivity contribution >= 4 is 0 Å². The van der Waals surface area contributed by atoms with Crippen LogP contribution in [0.4, 0.5) is 0 Å². The van der Waals surface area contributed by atoms with Gasteiger partial charge in [-0.3, -0.25) is 5.32 Å². The monoisotopic (exact) mass is 237 g/mol. The smallest absolute Gasteiger partial charge is 0.108 e.